The molecule has 1 saturated heterocycles. The van der Waals surface area contributed by atoms with Gasteiger partial charge in [-0.3, -0.25) is 4.79 Å². The summed E-state index contributed by atoms with van der Waals surface area (Å²) in [5, 5.41) is 0. The molecule has 1 aromatic rings. The Morgan fingerprint density at radius 3 is 2.21 bits per heavy atom. The van der Waals surface area contributed by atoms with Crippen LogP contribution in [0.25, 0.3) is 0 Å². The normalized spacial score (nSPS) is 18.8. The Kier molecular flexibility index (Phi) is 8.25. The van der Waals surface area contributed by atoms with E-state index >= 15 is 0 Å². The first kappa shape index (κ1) is 23.8. The lowest BCUT2D eigenvalue weighted by atomic mass is 10.1. The van der Waals surface area contributed by atoms with E-state index in [1.165, 1.54) is 4.31 Å². The minimum Gasteiger partial charge on any atom is -0.339 e. The van der Waals surface area contributed by atoms with Gasteiger partial charge < -0.3 is 4.90 Å². The van der Waals surface area contributed by atoms with Crippen LogP contribution in [0.3, 0.4) is 0 Å². The maximum Gasteiger partial charge on any atom is 0.243 e. The third-order valence-electron chi connectivity index (χ3n) is 5.33. The van der Waals surface area contributed by atoms with Crippen LogP contribution in [0.4, 0.5) is 0 Å². The maximum absolute atomic E-state index is 12.7. The minimum absolute atomic E-state index is 0.0474. The molecular weight excluding hydrogens is 412 g/mol. The monoisotopic (exact) mass is 444 g/mol. The summed E-state index contributed by atoms with van der Waals surface area (Å²) in [5.74, 6) is 0.151. The van der Waals surface area contributed by atoms with Crippen LogP contribution < -0.4 is 0 Å². The van der Waals surface area contributed by atoms with E-state index in [0.717, 1.165) is 12.0 Å². The lowest BCUT2D eigenvalue weighted by Gasteiger charge is -2.28. The Morgan fingerprint density at radius 1 is 1.10 bits per heavy atom. The third-order valence-corrected chi connectivity index (χ3v) is 9.14. The number of carbonyl (C=O) groups is 1. The molecular formula is C20H32N2O5S2. The van der Waals surface area contributed by atoms with Crippen LogP contribution in [0, 0.1) is 0 Å². The lowest BCUT2D eigenvalue weighted by Crippen LogP contribution is -2.41. The molecule has 0 spiro atoms. The highest BCUT2D eigenvalue weighted by molar-refractivity contribution is 7.91. The first-order valence-electron chi connectivity index (χ1n) is 10.2. The number of carbonyl (C=O) groups excluding carboxylic acids is 1. The highest BCUT2D eigenvalue weighted by Gasteiger charge is 2.34. The predicted molar refractivity (Wildman–Crippen MR) is 114 cm³/mol. The Bertz CT molecular complexity index is 891. The van der Waals surface area contributed by atoms with Crippen molar-refractivity contribution < 1.29 is 21.6 Å². The zero-order valence-electron chi connectivity index (χ0n) is 17.5. The van der Waals surface area contributed by atoms with E-state index in [0.29, 0.717) is 32.5 Å². The molecule has 1 aliphatic heterocycles. The molecule has 7 nitrogen and oxygen atoms in total. The summed E-state index contributed by atoms with van der Waals surface area (Å²) in [5.41, 5.74) is 0.882. The van der Waals surface area contributed by atoms with Crippen molar-refractivity contribution in [2.24, 2.45) is 0 Å². The number of amides is 1. The molecule has 0 aliphatic carbocycles. The van der Waals surface area contributed by atoms with Crippen molar-refractivity contribution in [2.45, 2.75) is 57.4 Å². The van der Waals surface area contributed by atoms with Gasteiger partial charge in [-0.2, -0.15) is 4.31 Å². The molecule has 1 heterocycles. The molecule has 164 valence electrons. The first-order chi connectivity index (χ1) is 13.6. The van der Waals surface area contributed by atoms with Gasteiger partial charge in [0, 0.05) is 32.1 Å². The molecule has 2 rings (SSSR count). The SMILES string of the molecule is CCCN(C(=O)CCc1ccc(S(=O)(=O)N(CC)CC)cc1)C1CCS(=O)(=O)C1. The highest BCUT2D eigenvalue weighted by atomic mass is 32.2. The second-order valence-corrected chi connectivity index (χ2v) is 11.5. The van der Waals surface area contributed by atoms with E-state index < -0.39 is 19.9 Å². The molecule has 9 heteroatoms. The first-order valence-corrected chi connectivity index (χ1v) is 13.5. The van der Waals surface area contributed by atoms with Crippen molar-refractivity contribution >= 4 is 25.8 Å². The van der Waals surface area contributed by atoms with Crippen LogP contribution in [0.15, 0.2) is 29.2 Å². The van der Waals surface area contributed by atoms with Crippen molar-refractivity contribution in [2.75, 3.05) is 31.1 Å². The fraction of sp³-hybridized carbons (Fsp3) is 0.650. The van der Waals surface area contributed by atoms with E-state index in [1.54, 1.807) is 43.0 Å². The van der Waals surface area contributed by atoms with Gasteiger partial charge in [-0.15, -0.1) is 0 Å². The molecule has 0 bridgehead atoms. The Hall–Kier alpha value is -1.45. The maximum atomic E-state index is 12.7. The van der Waals surface area contributed by atoms with E-state index in [9.17, 15) is 21.6 Å². The van der Waals surface area contributed by atoms with Crippen LogP contribution in [0.5, 0.6) is 0 Å². The van der Waals surface area contributed by atoms with Crippen LogP contribution >= 0.6 is 0 Å². The Morgan fingerprint density at radius 2 is 1.72 bits per heavy atom. The molecule has 1 aliphatic rings. The Balaban J connectivity index is 2.02. The topological polar surface area (TPSA) is 91.8 Å². The molecule has 0 radical (unpaired) electrons. The summed E-state index contributed by atoms with van der Waals surface area (Å²) in [6.45, 7) is 6.97. The van der Waals surface area contributed by atoms with Gasteiger partial charge in [-0.05, 0) is 37.0 Å². The van der Waals surface area contributed by atoms with E-state index in [2.05, 4.69) is 0 Å². The van der Waals surface area contributed by atoms with Crippen molar-refractivity contribution in [1.29, 1.82) is 0 Å². The number of nitrogens with zero attached hydrogens (tertiary/aromatic N) is 2. The van der Waals surface area contributed by atoms with E-state index in [-0.39, 0.29) is 34.8 Å². The van der Waals surface area contributed by atoms with Crippen molar-refractivity contribution in [3.63, 3.8) is 0 Å². The number of hydrogen-bond donors (Lipinski definition) is 0. The molecule has 0 saturated carbocycles. The smallest absolute Gasteiger partial charge is 0.243 e. The molecule has 1 aromatic carbocycles. The zero-order chi connectivity index (χ0) is 21.7. The average Bonchev–Trinajstić information content (AvgIpc) is 3.04. The zero-order valence-corrected chi connectivity index (χ0v) is 19.1. The van der Waals surface area contributed by atoms with Gasteiger partial charge >= 0.3 is 0 Å². The summed E-state index contributed by atoms with van der Waals surface area (Å²) in [6, 6.07) is 6.43. The molecule has 29 heavy (non-hydrogen) atoms. The van der Waals surface area contributed by atoms with E-state index in [1.807, 2.05) is 6.92 Å². The molecule has 0 aromatic heterocycles. The third kappa shape index (κ3) is 6.02. The van der Waals surface area contributed by atoms with Crippen LogP contribution in [-0.4, -0.2) is 69.1 Å². The second-order valence-electron chi connectivity index (χ2n) is 7.38. The van der Waals surface area contributed by atoms with Crippen LogP contribution in [0.2, 0.25) is 0 Å². The standard InChI is InChI=1S/C20H32N2O5S2/c1-4-14-22(18-13-15-28(24,25)16-18)20(23)12-9-17-7-10-19(11-8-17)29(26,27)21(5-2)6-3/h7-8,10-11,18H,4-6,9,12-16H2,1-3H3. The number of rotatable bonds is 10. The van der Waals surface area contributed by atoms with Crippen molar-refractivity contribution in [1.82, 2.24) is 9.21 Å². The van der Waals surface area contributed by atoms with Crippen molar-refractivity contribution in [3.05, 3.63) is 29.8 Å². The summed E-state index contributed by atoms with van der Waals surface area (Å²) in [6.07, 6.45) is 2.05. The summed E-state index contributed by atoms with van der Waals surface area (Å²) < 4.78 is 50.0. The number of sulfonamides is 1. The van der Waals surface area contributed by atoms with Gasteiger partial charge in [0.15, 0.2) is 9.84 Å². The number of hydrogen-bond acceptors (Lipinski definition) is 5. The van der Waals surface area contributed by atoms with Gasteiger partial charge in [0.25, 0.3) is 0 Å². The second kappa shape index (κ2) is 10.0. The van der Waals surface area contributed by atoms with Crippen molar-refractivity contribution in [3.8, 4) is 0 Å². The van der Waals surface area contributed by atoms with Gasteiger partial charge in [0.1, 0.15) is 0 Å². The minimum atomic E-state index is -3.49. The van der Waals surface area contributed by atoms with Crippen LogP contribution in [-0.2, 0) is 31.1 Å². The molecule has 1 unspecified atom stereocenters. The highest BCUT2D eigenvalue weighted by Crippen LogP contribution is 2.20. The molecule has 0 N–H and O–H groups in total. The quantitative estimate of drug-likeness (QED) is 0.551. The lowest BCUT2D eigenvalue weighted by molar-refractivity contribution is -0.133. The Labute approximate surface area is 175 Å². The summed E-state index contributed by atoms with van der Waals surface area (Å²) in [7, 11) is -6.54. The molecule has 1 amide bonds. The fourth-order valence-corrected chi connectivity index (χ4v) is 6.90. The number of benzene rings is 1. The molecule has 1 atom stereocenters. The summed E-state index contributed by atoms with van der Waals surface area (Å²) >= 11 is 0. The van der Waals surface area contributed by atoms with Gasteiger partial charge in [0.2, 0.25) is 15.9 Å². The fourth-order valence-electron chi connectivity index (χ4n) is 3.71. The number of aryl methyl sites for hydroxylation is 1. The summed E-state index contributed by atoms with van der Waals surface area (Å²) in [4.78, 5) is 14.7. The van der Waals surface area contributed by atoms with Gasteiger partial charge in [0.05, 0.1) is 16.4 Å². The van der Waals surface area contributed by atoms with E-state index in [4.69, 9.17) is 0 Å². The number of sulfone groups is 1. The van der Waals surface area contributed by atoms with Crippen LogP contribution in [0.1, 0.15) is 45.6 Å². The van der Waals surface area contributed by atoms with Gasteiger partial charge in [-0.25, -0.2) is 16.8 Å². The average molecular weight is 445 g/mol. The largest absolute Gasteiger partial charge is 0.339 e. The predicted octanol–water partition coefficient (Wildman–Crippen LogP) is 2.08. The molecule has 1 fully saturated rings. The van der Waals surface area contributed by atoms with Gasteiger partial charge in [-0.1, -0.05) is 32.9 Å².